The van der Waals surface area contributed by atoms with Gasteiger partial charge >= 0.3 is 0 Å². The van der Waals surface area contributed by atoms with Gasteiger partial charge in [-0.2, -0.15) is 13.7 Å². The molecule has 2 fully saturated rings. The van der Waals surface area contributed by atoms with Crippen molar-refractivity contribution < 1.29 is 22.6 Å². The maximum absolute atomic E-state index is 14.4. The molecule has 1 atom stereocenters. The van der Waals surface area contributed by atoms with Crippen molar-refractivity contribution in [1.29, 1.82) is 5.26 Å². The van der Waals surface area contributed by atoms with Crippen molar-refractivity contribution in [3.05, 3.63) is 71.4 Å². The van der Waals surface area contributed by atoms with Crippen LogP contribution in [0.15, 0.2) is 59.8 Å². The van der Waals surface area contributed by atoms with E-state index in [2.05, 4.69) is 26.2 Å². The summed E-state index contributed by atoms with van der Waals surface area (Å²) in [5.74, 6) is 1.73. The molecule has 0 radical (unpaired) electrons. The number of likely N-dealkylation sites (tertiary alicyclic amines) is 1. The monoisotopic (exact) mass is 632 g/mol. The average Bonchev–Trinajstić information content (AvgIpc) is 3.45. The van der Waals surface area contributed by atoms with Crippen molar-refractivity contribution in [2.24, 2.45) is 0 Å². The van der Waals surface area contributed by atoms with Crippen LogP contribution in [0.5, 0.6) is 17.2 Å². The van der Waals surface area contributed by atoms with Crippen LogP contribution in [0.2, 0.25) is 0 Å². The Morgan fingerprint density at radius 2 is 1.71 bits per heavy atom. The predicted molar refractivity (Wildman–Crippen MR) is 170 cm³/mol. The van der Waals surface area contributed by atoms with Crippen LogP contribution in [0.25, 0.3) is 0 Å². The Labute approximate surface area is 265 Å². The summed E-state index contributed by atoms with van der Waals surface area (Å²) in [6, 6.07) is 16.8. The van der Waals surface area contributed by atoms with Crippen LogP contribution >= 0.6 is 0 Å². The molecule has 0 saturated carbocycles. The van der Waals surface area contributed by atoms with Crippen molar-refractivity contribution >= 4 is 15.7 Å². The SMILES string of the molecule is CCOc1cc(OC)ccc1C1(N2CCC(N3CCNCC3)CC2)CN(S(=O)(=O)c2ccc(OC)cn2)c2ccc(C#N)cc21. The number of fused-ring (bicyclic) bond motifs is 1. The van der Waals surface area contributed by atoms with E-state index < -0.39 is 15.6 Å². The Morgan fingerprint density at radius 3 is 2.36 bits per heavy atom. The van der Waals surface area contributed by atoms with Crippen molar-refractivity contribution in [1.82, 2.24) is 20.1 Å². The van der Waals surface area contributed by atoms with E-state index in [0.29, 0.717) is 41.1 Å². The second-order valence-electron chi connectivity index (χ2n) is 11.6. The van der Waals surface area contributed by atoms with Gasteiger partial charge in [0.2, 0.25) is 0 Å². The molecule has 2 saturated heterocycles. The number of hydrogen-bond acceptors (Lipinski definition) is 10. The molecule has 1 unspecified atom stereocenters. The number of anilines is 1. The number of aromatic nitrogens is 1. The third kappa shape index (κ3) is 5.59. The lowest BCUT2D eigenvalue weighted by atomic mass is 9.80. The molecular formula is C33H40N6O5S. The highest BCUT2D eigenvalue weighted by Crippen LogP contribution is 2.53. The molecule has 45 heavy (non-hydrogen) atoms. The molecule has 238 valence electrons. The van der Waals surface area contributed by atoms with Gasteiger partial charge in [-0.15, -0.1) is 0 Å². The van der Waals surface area contributed by atoms with Crippen LogP contribution in [0, 0.1) is 11.3 Å². The van der Waals surface area contributed by atoms with Crippen LogP contribution in [0.4, 0.5) is 5.69 Å². The van der Waals surface area contributed by atoms with Crippen molar-refractivity contribution in [2.45, 2.75) is 36.4 Å². The fourth-order valence-electron chi connectivity index (χ4n) is 7.08. The number of benzene rings is 2. The number of piperidine rings is 1. The summed E-state index contributed by atoms with van der Waals surface area (Å²) in [4.78, 5) is 9.23. The van der Waals surface area contributed by atoms with Gasteiger partial charge in [0.1, 0.15) is 17.2 Å². The Morgan fingerprint density at radius 1 is 0.978 bits per heavy atom. The number of sulfonamides is 1. The largest absolute Gasteiger partial charge is 0.497 e. The third-order valence-corrected chi connectivity index (χ3v) is 11.0. The number of ether oxygens (including phenoxy) is 3. The lowest BCUT2D eigenvalue weighted by Gasteiger charge is -2.48. The normalized spacial score (nSPS) is 21.2. The number of rotatable bonds is 9. The van der Waals surface area contributed by atoms with Crippen LogP contribution < -0.4 is 23.8 Å². The number of methoxy groups -OCH3 is 2. The fraction of sp³-hybridized carbons (Fsp3) is 0.455. The summed E-state index contributed by atoms with van der Waals surface area (Å²) in [6.07, 6.45) is 3.30. The van der Waals surface area contributed by atoms with E-state index in [1.165, 1.54) is 23.7 Å². The molecule has 11 nitrogen and oxygen atoms in total. The predicted octanol–water partition coefficient (Wildman–Crippen LogP) is 3.19. The minimum absolute atomic E-state index is 0.0772. The van der Waals surface area contributed by atoms with Gasteiger partial charge in [-0.25, -0.2) is 4.98 Å². The summed E-state index contributed by atoms with van der Waals surface area (Å²) >= 11 is 0. The van der Waals surface area contributed by atoms with E-state index in [1.54, 1.807) is 25.3 Å². The number of pyridine rings is 1. The summed E-state index contributed by atoms with van der Waals surface area (Å²) in [6.45, 7) is 7.97. The minimum Gasteiger partial charge on any atom is -0.497 e. The zero-order chi connectivity index (χ0) is 31.6. The first-order valence-electron chi connectivity index (χ1n) is 15.4. The lowest BCUT2D eigenvalue weighted by Crippen LogP contribution is -2.57. The highest BCUT2D eigenvalue weighted by Gasteiger charge is 2.54. The van der Waals surface area contributed by atoms with Crippen molar-refractivity contribution in [3.63, 3.8) is 0 Å². The zero-order valence-corrected chi connectivity index (χ0v) is 26.8. The molecule has 3 aliphatic heterocycles. The van der Waals surface area contributed by atoms with Gasteiger partial charge in [0.05, 0.1) is 56.4 Å². The average molecular weight is 633 g/mol. The molecule has 0 amide bonds. The first-order chi connectivity index (χ1) is 21.8. The minimum atomic E-state index is -4.10. The van der Waals surface area contributed by atoms with Crippen LogP contribution in [-0.2, 0) is 15.6 Å². The standard InChI is InChI=1S/C33H40N6O5S/c1-4-44-31-20-26(42-2)6-8-28(31)33(38-15-11-25(12-16-38)37-17-13-35-14-18-37)23-39(30-9-5-24(21-34)19-29(30)33)45(40,41)32-10-7-27(43-3)22-36-32/h5-10,19-20,22,25,35H,4,11-18,23H2,1-3H3. The van der Waals surface area contributed by atoms with Crippen LogP contribution in [-0.4, -0.2) is 95.9 Å². The fourth-order valence-corrected chi connectivity index (χ4v) is 8.50. The zero-order valence-electron chi connectivity index (χ0n) is 26.0. The van der Waals surface area contributed by atoms with Gasteiger partial charge in [0, 0.05) is 62.5 Å². The van der Waals surface area contributed by atoms with E-state index in [0.717, 1.165) is 63.2 Å². The molecule has 12 heteroatoms. The van der Waals surface area contributed by atoms with Gasteiger partial charge in [-0.05, 0) is 62.2 Å². The van der Waals surface area contributed by atoms with E-state index in [9.17, 15) is 13.7 Å². The lowest BCUT2D eigenvalue weighted by molar-refractivity contribution is 0.0498. The van der Waals surface area contributed by atoms with Crippen LogP contribution in [0.3, 0.4) is 0 Å². The topological polar surface area (TPSA) is 120 Å². The summed E-state index contributed by atoms with van der Waals surface area (Å²) in [7, 11) is -0.978. The smallest absolute Gasteiger partial charge is 0.281 e. The van der Waals surface area contributed by atoms with E-state index >= 15 is 0 Å². The van der Waals surface area contributed by atoms with Gasteiger partial charge in [-0.1, -0.05) is 0 Å². The molecule has 1 N–H and O–H groups in total. The number of nitrogens with one attached hydrogen (secondary N) is 1. The van der Waals surface area contributed by atoms with Gasteiger partial charge in [0.25, 0.3) is 10.0 Å². The Kier molecular flexibility index (Phi) is 8.88. The highest BCUT2D eigenvalue weighted by molar-refractivity contribution is 7.92. The summed E-state index contributed by atoms with van der Waals surface area (Å²) < 4.78 is 47.3. The number of nitrogens with zero attached hydrogens (tertiary/aromatic N) is 5. The number of hydrogen-bond donors (Lipinski definition) is 1. The van der Waals surface area contributed by atoms with Gasteiger partial charge in [-0.3, -0.25) is 14.1 Å². The van der Waals surface area contributed by atoms with Crippen molar-refractivity contribution in [2.75, 3.05) is 70.9 Å². The maximum Gasteiger partial charge on any atom is 0.281 e. The Hall–Kier alpha value is -3.89. The molecule has 2 aromatic carbocycles. The highest BCUT2D eigenvalue weighted by atomic mass is 32.2. The molecular weight excluding hydrogens is 592 g/mol. The Bertz CT molecular complexity index is 1660. The summed E-state index contributed by atoms with van der Waals surface area (Å²) in [5.41, 5.74) is 1.64. The Balaban J connectivity index is 1.51. The molecule has 3 aliphatic rings. The molecule has 0 bridgehead atoms. The molecule has 3 aromatic rings. The molecule has 0 aliphatic carbocycles. The molecule has 1 aromatic heterocycles. The van der Waals surface area contributed by atoms with E-state index in [1.807, 2.05) is 31.2 Å². The molecule has 0 spiro atoms. The number of nitriles is 1. The van der Waals surface area contributed by atoms with E-state index in [-0.39, 0.29) is 11.6 Å². The maximum atomic E-state index is 14.4. The van der Waals surface area contributed by atoms with Gasteiger partial charge in [0.15, 0.2) is 5.03 Å². The molecule has 4 heterocycles. The van der Waals surface area contributed by atoms with Crippen LogP contribution in [0.1, 0.15) is 36.5 Å². The first-order valence-corrected chi connectivity index (χ1v) is 16.9. The second-order valence-corrected chi connectivity index (χ2v) is 13.4. The third-order valence-electron chi connectivity index (χ3n) is 9.32. The summed E-state index contributed by atoms with van der Waals surface area (Å²) in [5, 5.41) is 13.4. The quantitative estimate of drug-likeness (QED) is 0.377. The van der Waals surface area contributed by atoms with Crippen molar-refractivity contribution in [3.8, 4) is 23.3 Å². The number of piperazine rings is 1. The first kappa shape index (κ1) is 31.1. The van der Waals surface area contributed by atoms with Gasteiger partial charge < -0.3 is 19.5 Å². The molecule has 6 rings (SSSR count). The second kappa shape index (κ2) is 12.8. The van der Waals surface area contributed by atoms with E-state index in [4.69, 9.17) is 14.2 Å².